The molecule has 1 aromatic carbocycles. The molecule has 16 heavy (non-hydrogen) atoms. The Morgan fingerprint density at radius 2 is 2.12 bits per heavy atom. The van der Waals surface area contributed by atoms with Crippen LogP contribution in [-0.2, 0) is 25.7 Å². The molecule has 0 heterocycles. The van der Waals surface area contributed by atoms with Gasteiger partial charge in [-0.1, -0.05) is 12.1 Å². The lowest BCUT2D eigenvalue weighted by Crippen LogP contribution is -2.00. The standard InChI is InChI=1S/C15H19N/c1-2-4-10-7-12-9-11-5-3-6-13(11)15(16)14(12)8-10/h2,9-10H,1,3-8,16H2. The van der Waals surface area contributed by atoms with E-state index in [9.17, 15) is 0 Å². The van der Waals surface area contributed by atoms with Crippen molar-refractivity contribution in [3.05, 3.63) is 41.0 Å². The van der Waals surface area contributed by atoms with Crippen LogP contribution in [0.15, 0.2) is 18.7 Å². The predicted molar refractivity (Wildman–Crippen MR) is 68.6 cm³/mol. The zero-order valence-corrected chi connectivity index (χ0v) is 9.76. The Kier molecular flexibility index (Phi) is 2.27. The number of rotatable bonds is 2. The number of hydrogen-bond acceptors (Lipinski definition) is 1. The van der Waals surface area contributed by atoms with E-state index in [0.29, 0.717) is 0 Å². The molecule has 1 atom stereocenters. The zero-order valence-electron chi connectivity index (χ0n) is 9.76. The largest absolute Gasteiger partial charge is 0.398 e. The van der Waals surface area contributed by atoms with Gasteiger partial charge in [-0.15, -0.1) is 6.58 Å². The Balaban J connectivity index is 2.00. The maximum atomic E-state index is 6.32. The highest BCUT2D eigenvalue weighted by Crippen LogP contribution is 2.39. The molecule has 0 spiro atoms. The summed E-state index contributed by atoms with van der Waals surface area (Å²) in [4.78, 5) is 0. The Labute approximate surface area is 97.4 Å². The number of allylic oxidation sites excluding steroid dienone is 1. The first-order valence-electron chi connectivity index (χ1n) is 6.32. The van der Waals surface area contributed by atoms with Gasteiger partial charge in [0, 0.05) is 5.69 Å². The van der Waals surface area contributed by atoms with Crippen LogP contribution in [0.4, 0.5) is 5.69 Å². The average Bonchev–Trinajstić information content (AvgIpc) is 2.85. The minimum Gasteiger partial charge on any atom is -0.398 e. The first kappa shape index (κ1) is 9.95. The van der Waals surface area contributed by atoms with Crippen LogP contribution in [0, 0.1) is 5.92 Å². The smallest absolute Gasteiger partial charge is 0.0384 e. The number of anilines is 1. The lowest BCUT2D eigenvalue weighted by Gasteiger charge is -2.10. The molecule has 2 N–H and O–H groups in total. The summed E-state index contributed by atoms with van der Waals surface area (Å²) in [5.74, 6) is 0.748. The Morgan fingerprint density at radius 1 is 1.25 bits per heavy atom. The highest BCUT2D eigenvalue weighted by Gasteiger charge is 2.26. The van der Waals surface area contributed by atoms with Gasteiger partial charge in [0.1, 0.15) is 0 Å². The second-order valence-electron chi connectivity index (χ2n) is 5.22. The fourth-order valence-corrected chi connectivity index (χ4v) is 3.38. The number of aryl methyl sites for hydroxylation is 1. The minimum absolute atomic E-state index is 0.748. The van der Waals surface area contributed by atoms with E-state index in [2.05, 4.69) is 12.6 Å². The topological polar surface area (TPSA) is 26.0 Å². The molecule has 2 aliphatic rings. The summed E-state index contributed by atoms with van der Waals surface area (Å²) in [6, 6.07) is 2.43. The number of nitrogen functional groups attached to an aromatic ring is 1. The monoisotopic (exact) mass is 213 g/mol. The van der Waals surface area contributed by atoms with Crippen molar-refractivity contribution in [2.75, 3.05) is 5.73 Å². The van der Waals surface area contributed by atoms with Crippen molar-refractivity contribution in [3.8, 4) is 0 Å². The molecule has 0 radical (unpaired) electrons. The van der Waals surface area contributed by atoms with Crippen LogP contribution < -0.4 is 5.73 Å². The van der Waals surface area contributed by atoms with Crippen molar-refractivity contribution < 1.29 is 0 Å². The van der Waals surface area contributed by atoms with E-state index >= 15 is 0 Å². The first-order valence-corrected chi connectivity index (χ1v) is 6.32. The van der Waals surface area contributed by atoms with Crippen LogP contribution in [0.1, 0.15) is 35.1 Å². The Morgan fingerprint density at radius 3 is 2.94 bits per heavy atom. The number of hydrogen-bond donors (Lipinski definition) is 1. The van der Waals surface area contributed by atoms with Crippen molar-refractivity contribution in [2.45, 2.75) is 38.5 Å². The van der Waals surface area contributed by atoms with E-state index in [1.807, 2.05) is 6.08 Å². The summed E-state index contributed by atoms with van der Waals surface area (Å²) >= 11 is 0. The van der Waals surface area contributed by atoms with E-state index in [4.69, 9.17) is 5.73 Å². The van der Waals surface area contributed by atoms with E-state index in [0.717, 1.165) is 18.0 Å². The average molecular weight is 213 g/mol. The lowest BCUT2D eigenvalue weighted by molar-refractivity contribution is 0.572. The molecule has 1 aromatic rings. The zero-order chi connectivity index (χ0) is 11.1. The Bertz CT molecular complexity index is 445. The molecule has 0 saturated carbocycles. The summed E-state index contributed by atoms with van der Waals surface area (Å²) in [6.45, 7) is 3.84. The highest BCUT2D eigenvalue weighted by molar-refractivity contribution is 5.63. The molecule has 3 rings (SSSR count). The molecule has 2 aliphatic carbocycles. The van der Waals surface area contributed by atoms with Crippen LogP contribution in [0.2, 0.25) is 0 Å². The van der Waals surface area contributed by atoms with Gasteiger partial charge in [-0.05, 0) is 66.7 Å². The molecule has 0 fully saturated rings. The molecule has 84 valence electrons. The summed E-state index contributed by atoms with van der Waals surface area (Å²) in [7, 11) is 0. The maximum absolute atomic E-state index is 6.32. The van der Waals surface area contributed by atoms with E-state index in [1.54, 1.807) is 0 Å². The first-order chi connectivity index (χ1) is 7.79. The molecule has 1 nitrogen and oxygen atoms in total. The van der Waals surface area contributed by atoms with Crippen molar-refractivity contribution in [1.29, 1.82) is 0 Å². The van der Waals surface area contributed by atoms with E-state index in [1.165, 1.54) is 54.4 Å². The van der Waals surface area contributed by atoms with Gasteiger partial charge in [-0.2, -0.15) is 0 Å². The SMILES string of the molecule is C=CCC1Cc2cc3c(c(N)c2C1)CCC3. The van der Waals surface area contributed by atoms with Gasteiger partial charge < -0.3 is 5.73 Å². The molecule has 0 aromatic heterocycles. The van der Waals surface area contributed by atoms with Gasteiger partial charge >= 0.3 is 0 Å². The quantitative estimate of drug-likeness (QED) is 0.593. The number of fused-ring (bicyclic) bond motifs is 2. The fraction of sp³-hybridized carbons (Fsp3) is 0.467. The van der Waals surface area contributed by atoms with Crippen LogP contribution in [0.5, 0.6) is 0 Å². The van der Waals surface area contributed by atoms with Gasteiger partial charge in [-0.3, -0.25) is 0 Å². The second kappa shape index (κ2) is 3.65. The third-order valence-corrected chi connectivity index (χ3v) is 4.15. The molecular weight excluding hydrogens is 194 g/mol. The number of benzene rings is 1. The predicted octanol–water partition coefficient (Wildman–Crippen LogP) is 3.05. The summed E-state index contributed by atoms with van der Waals surface area (Å²) in [5.41, 5.74) is 13.4. The maximum Gasteiger partial charge on any atom is 0.0384 e. The lowest BCUT2D eigenvalue weighted by atomic mass is 9.99. The normalized spacial score (nSPS) is 21.9. The van der Waals surface area contributed by atoms with Gasteiger partial charge in [0.15, 0.2) is 0 Å². The van der Waals surface area contributed by atoms with E-state index in [-0.39, 0.29) is 0 Å². The van der Waals surface area contributed by atoms with Crippen LogP contribution in [-0.4, -0.2) is 0 Å². The van der Waals surface area contributed by atoms with Crippen molar-refractivity contribution in [3.63, 3.8) is 0 Å². The summed E-state index contributed by atoms with van der Waals surface area (Å²) < 4.78 is 0. The second-order valence-corrected chi connectivity index (χ2v) is 5.22. The van der Waals surface area contributed by atoms with Gasteiger partial charge in [0.2, 0.25) is 0 Å². The summed E-state index contributed by atoms with van der Waals surface area (Å²) in [5, 5.41) is 0. The summed E-state index contributed by atoms with van der Waals surface area (Å²) in [6.07, 6.45) is 9.26. The minimum atomic E-state index is 0.748. The molecule has 0 amide bonds. The molecule has 0 aliphatic heterocycles. The molecule has 0 saturated heterocycles. The van der Waals surface area contributed by atoms with E-state index < -0.39 is 0 Å². The molecular formula is C15H19N. The van der Waals surface area contributed by atoms with Crippen molar-refractivity contribution in [1.82, 2.24) is 0 Å². The van der Waals surface area contributed by atoms with Crippen molar-refractivity contribution >= 4 is 5.69 Å². The molecule has 0 bridgehead atoms. The third-order valence-electron chi connectivity index (χ3n) is 4.15. The third kappa shape index (κ3) is 1.38. The van der Waals surface area contributed by atoms with Crippen LogP contribution in [0.25, 0.3) is 0 Å². The van der Waals surface area contributed by atoms with Crippen LogP contribution in [0.3, 0.4) is 0 Å². The molecule has 1 heteroatoms. The van der Waals surface area contributed by atoms with Gasteiger partial charge in [0.05, 0.1) is 0 Å². The fourth-order valence-electron chi connectivity index (χ4n) is 3.38. The highest BCUT2D eigenvalue weighted by atomic mass is 14.6. The van der Waals surface area contributed by atoms with Crippen LogP contribution >= 0.6 is 0 Å². The van der Waals surface area contributed by atoms with Gasteiger partial charge in [-0.25, -0.2) is 0 Å². The Hall–Kier alpha value is -1.24. The number of nitrogens with two attached hydrogens (primary N) is 1. The molecule has 1 unspecified atom stereocenters. The van der Waals surface area contributed by atoms with Gasteiger partial charge in [0.25, 0.3) is 0 Å². The van der Waals surface area contributed by atoms with Crippen molar-refractivity contribution in [2.24, 2.45) is 5.92 Å².